The molecule has 2 rings (SSSR count). The summed E-state index contributed by atoms with van der Waals surface area (Å²) in [5, 5.41) is 9.16. The van der Waals surface area contributed by atoms with Crippen molar-refractivity contribution in [2.45, 2.75) is 39.0 Å². The molecule has 1 amide bonds. The molecule has 1 aliphatic rings. The fourth-order valence-electron chi connectivity index (χ4n) is 3.04. The number of benzene rings is 1. The first-order valence-corrected chi connectivity index (χ1v) is 7.70. The van der Waals surface area contributed by atoms with Crippen LogP contribution in [0, 0.1) is 5.92 Å². The highest BCUT2D eigenvalue weighted by molar-refractivity contribution is 5.91. The van der Waals surface area contributed by atoms with E-state index in [0.29, 0.717) is 5.56 Å². The van der Waals surface area contributed by atoms with Gasteiger partial charge in [0, 0.05) is 13.1 Å². The van der Waals surface area contributed by atoms with E-state index in [2.05, 4.69) is 6.92 Å². The molecule has 1 aliphatic heterocycles. The minimum Gasteiger partial charge on any atom is -0.478 e. The monoisotopic (exact) mass is 289 g/mol. The van der Waals surface area contributed by atoms with E-state index in [1.165, 1.54) is 12.8 Å². The molecule has 21 heavy (non-hydrogen) atoms. The summed E-state index contributed by atoms with van der Waals surface area (Å²) in [5.74, 6) is -0.191. The molecule has 1 aromatic carbocycles. The fourth-order valence-corrected chi connectivity index (χ4v) is 3.04. The van der Waals surface area contributed by atoms with Gasteiger partial charge in [0.1, 0.15) is 0 Å². The van der Waals surface area contributed by atoms with Gasteiger partial charge in [0.25, 0.3) is 0 Å². The topological polar surface area (TPSA) is 57.6 Å². The number of carbonyl (C=O) groups excluding carboxylic acids is 1. The predicted octanol–water partition coefficient (Wildman–Crippen LogP) is 2.97. The zero-order valence-corrected chi connectivity index (χ0v) is 12.5. The molecule has 0 aliphatic carbocycles. The van der Waals surface area contributed by atoms with Gasteiger partial charge in [-0.3, -0.25) is 4.79 Å². The number of amides is 1. The van der Waals surface area contributed by atoms with Crippen LogP contribution in [0.1, 0.15) is 48.5 Å². The molecule has 1 N–H and O–H groups in total. The number of hydrogen-bond acceptors (Lipinski definition) is 2. The molecule has 1 fully saturated rings. The summed E-state index contributed by atoms with van der Waals surface area (Å²) in [6, 6.07) is 6.75. The van der Waals surface area contributed by atoms with Gasteiger partial charge in [-0.2, -0.15) is 0 Å². The minimum absolute atomic E-state index is 0.0404. The van der Waals surface area contributed by atoms with E-state index in [1.54, 1.807) is 24.3 Å². The van der Waals surface area contributed by atoms with Crippen LogP contribution in [0.3, 0.4) is 0 Å². The lowest BCUT2D eigenvalue weighted by Crippen LogP contribution is -2.39. The SMILES string of the molecule is CCCC1CCN(C(=O)Cc2ccccc2C(=O)O)CC1. The second-order valence-corrected chi connectivity index (χ2v) is 5.75. The third-order valence-corrected chi connectivity index (χ3v) is 4.25. The Labute approximate surface area is 125 Å². The Hall–Kier alpha value is -1.84. The number of carboxylic acid groups (broad SMARTS) is 1. The molecule has 1 heterocycles. The summed E-state index contributed by atoms with van der Waals surface area (Å²) < 4.78 is 0. The van der Waals surface area contributed by atoms with E-state index in [1.807, 2.05) is 4.90 Å². The summed E-state index contributed by atoms with van der Waals surface area (Å²) in [4.78, 5) is 25.4. The molecule has 0 saturated carbocycles. The zero-order valence-electron chi connectivity index (χ0n) is 12.5. The van der Waals surface area contributed by atoms with Gasteiger partial charge in [-0.25, -0.2) is 4.79 Å². The van der Waals surface area contributed by atoms with Gasteiger partial charge in [-0.1, -0.05) is 38.0 Å². The van der Waals surface area contributed by atoms with Gasteiger partial charge < -0.3 is 10.0 Å². The Morgan fingerprint density at radius 1 is 1.24 bits per heavy atom. The smallest absolute Gasteiger partial charge is 0.335 e. The number of likely N-dealkylation sites (tertiary alicyclic amines) is 1. The quantitative estimate of drug-likeness (QED) is 0.906. The molecule has 1 saturated heterocycles. The standard InChI is InChI=1S/C17H23NO3/c1-2-5-13-8-10-18(11-9-13)16(19)12-14-6-3-4-7-15(14)17(20)21/h3-4,6-7,13H,2,5,8-12H2,1H3,(H,20,21). The van der Waals surface area contributed by atoms with Crippen molar-refractivity contribution in [2.75, 3.05) is 13.1 Å². The van der Waals surface area contributed by atoms with Crippen LogP contribution in [0.4, 0.5) is 0 Å². The molecular formula is C17H23NO3. The van der Waals surface area contributed by atoms with E-state index in [4.69, 9.17) is 5.11 Å². The third kappa shape index (κ3) is 4.06. The number of nitrogens with zero attached hydrogens (tertiary/aromatic N) is 1. The molecular weight excluding hydrogens is 266 g/mol. The molecule has 0 spiro atoms. The number of aromatic carboxylic acids is 1. The van der Waals surface area contributed by atoms with Crippen molar-refractivity contribution in [3.8, 4) is 0 Å². The van der Waals surface area contributed by atoms with Crippen LogP contribution >= 0.6 is 0 Å². The third-order valence-electron chi connectivity index (χ3n) is 4.25. The second kappa shape index (κ2) is 7.25. The zero-order chi connectivity index (χ0) is 15.2. The Balaban J connectivity index is 1.95. The number of piperidine rings is 1. The minimum atomic E-state index is -0.972. The molecule has 0 radical (unpaired) electrons. The molecule has 0 unspecified atom stereocenters. The van der Waals surface area contributed by atoms with Crippen LogP contribution in [0.2, 0.25) is 0 Å². The number of carboxylic acids is 1. The number of hydrogen-bond donors (Lipinski definition) is 1. The van der Waals surface area contributed by atoms with Gasteiger partial charge >= 0.3 is 5.97 Å². The lowest BCUT2D eigenvalue weighted by Gasteiger charge is -2.32. The Bertz CT molecular complexity index is 505. The van der Waals surface area contributed by atoms with Crippen LogP contribution in [0.5, 0.6) is 0 Å². The number of rotatable bonds is 5. The average molecular weight is 289 g/mol. The van der Waals surface area contributed by atoms with E-state index in [9.17, 15) is 9.59 Å². The summed E-state index contributed by atoms with van der Waals surface area (Å²) >= 11 is 0. The molecule has 114 valence electrons. The normalized spacial score (nSPS) is 16.0. The van der Waals surface area contributed by atoms with Gasteiger partial charge in [0.15, 0.2) is 0 Å². The first-order chi connectivity index (χ1) is 10.1. The highest BCUT2D eigenvalue weighted by atomic mass is 16.4. The van der Waals surface area contributed by atoms with Crippen LogP contribution in [0.15, 0.2) is 24.3 Å². The molecule has 1 aromatic rings. The van der Waals surface area contributed by atoms with Crippen molar-refractivity contribution in [1.82, 2.24) is 4.90 Å². The van der Waals surface area contributed by atoms with Crippen LogP contribution in [-0.4, -0.2) is 35.0 Å². The summed E-state index contributed by atoms with van der Waals surface area (Å²) in [7, 11) is 0. The predicted molar refractivity (Wildman–Crippen MR) is 81.3 cm³/mol. The van der Waals surface area contributed by atoms with Crippen molar-refractivity contribution < 1.29 is 14.7 Å². The largest absolute Gasteiger partial charge is 0.478 e. The molecule has 0 bridgehead atoms. The van der Waals surface area contributed by atoms with Crippen molar-refractivity contribution in [3.05, 3.63) is 35.4 Å². The lowest BCUT2D eigenvalue weighted by atomic mass is 9.92. The average Bonchev–Trinajstić information content (AvgIpc) is 2.48. The van der Waals surface area contributed by atoms with Crippen LogP contribution in [-0.2, 0) is 11.2 Å². The fraction of sp³-hybridized carbons (Fsp3) is 0.529. The van der Waals surface area contributed by atoms with Crippen LogP contribution < -0.4 is 0 Å². The van der Waals surface area contributed by atoms with E-state index in [-0.39, 0.29) is 17.9 Å². The summed E-state index contributed by atoms with van der Waals surface area (Å²) in [6.45, 7) is 3.80. The molecule has 0 atom stereocenters. The molecule has 4 heteroatoms. The summed E-state index contributed by atoms with van der Waals surface area (Å²) in [5.41, 5.74) is 0.831. The van der Waals surface area contributed by atoms with Crippen molar-refractivity contribution in [3.63, 3.8) is 0 Å². The maximum absolute atomic E-state index is 12.3. The Morgan fingerprint density at radius 3 is 2.52 bits per heavy atom. The van der Waals surface area contributed by atoms with E-state index < -0.39 is 5.97 Å². The van der Waals surface area contributed by atoms with Crippen molar-refractivity contribution >= 4 is 11.9 Å². The molecule has 4 nitrogen and oxygen atoms in total. The second-order valence-electron chi connectivity index (χ2n) is 5.75. The molecule has 0 aromatic heterocycles. The number of carbonyl (C=O) groups is 2. The van der Waals surface area contributed by atoms with Gasteiger partial charge in [0.2, 0.25) is 5.91 Å². The van der Waals surface area contributed by atoms with Crippen molar-refractivity contribution in [1.29, 1.82) is 0 Å². The first-order valence-electron chi connectivity index (χ1n) is 7.70. The van der Waals surface area contributed by atoms with Crippen LogP contribution in [0.25, 0.3) is 0 Å². The maximum Gasteiger partial charge on any atom is 0.335 e. The Kier molecular flexibility index (Phi) is 5.37. The summed E-state index contributed by atoms with van der Waals surface area (Å²) in [6.07, 6.45) is 4.76. The first kappa shape index (κ1) is 15.5. The maximum atomic E-state index is 12.3. The van der Waals surface area contributed by atoms with Gasteiger partial charge in [-0.15, -0.1) is 0 Å². The highest BCUT2D eigenvalue weighted by Gasteiger charge is 2.23. The van der Waals surface area contributed by atoms with E-state index in [0.717, 1.165) is 31.8 Å². The van der Waals surface area contributed by atoms with Gasteiger partial charge in [-0.05, 0) is 30.4 Å². The van der Waals surface area contributed by atoms with Crippen molar-refractivity contribution in [2.24, 2.45) is 5.92 Å². The van der Waals surface area contributed by atoms with Gasteiger partial charge in [0.05, 0.1) is 12.0 Å². The Morgan fingerprint density at radius 2 is 1.90 bits per heavy atom. The van der Waals surface area contributed by atoms with E-state index >= 15 is 0 Å². The lowest BCUT2D eigenvalue weighted by molar-refractivity contribution is -0.131. The highest BCUT2D eigenvalue weighted by Crippen LogP contribution is 2.22.